The number of carbonyl (C=O) groups excluding carboxylic acids is 1. The maximum absolute atomic E-state index is 11.9. The fourth-order valence-electron chi connectivity index (χ4n) is 2.21. The number of nitriles is 1. The molecule has 2 heterocycles. The van der Waals surface area contributed by atoms with Crippen LogP contribution in [0.1, 0.15) is 25.7 Å². The summed E-state index contributed by atoms with van der Waals surface area (Å²) in [6, 6.07) is 2.26. The van der Waals surface area contributed by atoms with Crippen molar-refractivity contribution in [3.05, 3.63) is 0 Å². The summed E-state index contributed by atoms with van der Waals surface area (Å²) < 4.78 is 5.36. The molecular weight excluding hydrogens is 192 g/mol. The fraction of sp³-hybridized carbons (Fsp3) is 0.818. The molecule has 0 bridgehead atoms. The normalized spacial score (nSPS) is 27.7. The van der Waals surface area contributed by atoms with Crippen LogP contribution >= 0.6 is 0 Å². The second-order valence-corrected chi connectivity index (χ2v) is 4.23. The Kier molecular flexibility index (Phi) is 3.22. The average Bonchev–Trinajstić information content (AvgIpc) is 2.82. The van der Waals surface area contributed by atoms with Crippen LogP contribution in [0.15, 0.2) is 0 Å². The van der Waals surface area contributed by atoms with Gasteiger partial charge in [0.15, 0.2) is 0 Å². The predicted molar refractivity (Wildman–Crippen MR) is 53.9 cm³/mol. The fourth-order valence-corrected chi connectivity index (χ4v) is 2.21. The van der Waals surface area contributed by atoms with Crippen molar-refractivity contribution in [2.75, 3.05) is 19.7 Å². The zero-order valence-corrected chi connectivity index (χ0v) is 8.82. The van der Waals surface area contributed by atoms with E-state index in [-0.39, 0.29) is 17.9 Å². The van der Waals surface area contributed by atoms with Crippen molar-refractivity contribution < 1.29 is 9.53 Å². The van der Waals surface area contributed by atoms with Crippen LogP contribution in [0, 0.1) is 17.2 Å². The molecule has 2 aliphatic rings. The summed E-state index contributed by atoms with van der Waals surface area (Å²) in [5.41, 5.74) is 0. The van der Waals surface area contributed by atoms with Crippen molar-refractivity contribution in [1.82, 2.24) is 4.90 Å². The van der Waals surface area contributed by atoms with Crippen LogP contribution in [0.25, 0.3) is 0 Å². The summed E-state index contributed by atoms with van der Waals surface area (Å²) in [5, 5.41) is 8.75. The van der Waals surface area contributed by atoms with Crippen molar-refractivity contribution in [2.45, 2.75) is 31.8 Å². The van der Waals surface area contributed by atoms with Crippen molar-refractivity contribution in [3.8, 4) is 6.07 Å². The highest BCUT2D eigenvalue weighted by atomic mass is 16.5. The molecule has 0 N–H and O–H groups in total. The third kappa shape index (κ3) is 2.29. The quantitative estimate of drug-likeness (QED) is 0.644. The molecule has 15 heavy (non-hydrogen) atoms. The third-order valence-corrected chi connectivity index (χ3v) is 3.19. The number of ether oxygens (including phenoxy) is 1. The highest BCUT2D eigenvalue weighted by molar-refractivity contribution is 5.81. The molecule has 2 rings (SSSR count). The second-order valence-electron chi connectivity index (χ2n) is 4.23. The zero-order chi connectivity index (χ0) is 10.7. The lowest BCUT2D eigenvalue weighted by Gasteiger charge is -2.30. The van der Waals surface area contributed by atoms with Gasteiger partial charge in [-0.15, -0.1) is 0 Å². The van der Waals surface area contributed by atoms with Crippen molar-refractivity contribution >= 4 is 5.91 Å². The maximum atomic E-state index is 11.9. The molecular formula is C11H16N2O2. The van der Waals surface area contributed by atoms with E-state index in [1.165, 1.54) is 0 Å². The van der Waals surface area contributed by atoms with E-state index in [0.29, 0.717) is 6.61 Å². The molecule has 1 unspecified atom stereocenters. The lowest BCUT2D eigenvalue weighted by Crippen LogP contribution is -2.43. The Morgan fingerprint density at radius 2 is 2.07 bits per heavy atom. The molecule has 0 aromatic carbocycles. The molecule has 0 aromatic heterocycles. The molecule has 0 aliphatic carbocycles. The molecule has 82 valence electrons. The number of likely N-dealkylation sites (tertiary alicyclic amines) is 1. The molecule has 0 saturated carbocycles. The van der Waals surface area contributed by atoms with Gasteiger partial charge in [0.25, 0.3) is 5.91 Å². The number of hydrogen-bond donors (Lipinski definition) is 0. The first-order chi connectivity index (χ1) is 7.31. The largest absolute Gasteiger partial charge is 0.368 e. The van der Waals surface area contributed by atoms with Gasteiger partial charge in [0.2, 0.25) is 0 Å². The first-order valence-electron chi connectivity index (χ1n) is 5.61. The van der Waals surface area contributed by atoms with Crippen LogP contribution in [-0.4, -0.2) is 36.6 Å². The summed E-state index contributed by atoms with van der Waals surface area (Å²) in [4.78, 5) is 13.8. The minimum atomic E-state index is -0.205. The highest BCUT2D eigenvalue weighted by Crippen LogP contribution is 2.20. The highest BCUT2D eigenvalue weighted by Gasteiger charge is 2.30. The molecule has 0 aromatic rings. The minimum absolute atomic E-state index is 0.129. The number of carbonyl (C=O) groups is 1. The zero-order valence-electron chi connectivity index (χ0n) is 8.82. The monoisotopic (exact) mass is 208 g/mol. The molecule has 2 aliphatic heterocycles. The van der Waals surface area contributed by atoms with E-state index in [0.717, 1.165) is 38.8 Å². The smallest absolute Gasteiger partial charge is 0.251 e. The second kappa shape index (κ2) is 4.63. The van der Waals surface area contributed by atoms with Crippen LogP contribution < -0.4 is 0 Å². The van der Waals surface area contributed by atoms with Crippen LogP contribution in [0.4, 0.5) is 0 Å². The Labute approximate surface area is 89.8 Å². The van der Waals surface area contributed by atoms with E-state index in [9.17, 15) is 4.79 Å². The number of piperidine rings is 1. The Bertz CT molecular complexity index is 271. The van der Waals surface area contributed by atoms with Crippen LogP contribution in [0.3, 0.4) is 0 Å². The van der Waals surface area contributed by atoms with E-state index in [1.807, 2.05) is 4.90 Å². The average molecular weight is 208 g/mol. The van der Waals surface area contributed by atoms with Gasteiger partial charge in [-0.25, -0.2) is 0 Å². The predicted octanol–water partition coefficient (Wildman–Crippen LogP) is 0.928. The topological polar surface area (TPSA) is 53.3 Å². The summed E-state index contributed by atoms with van der Waals surface area (Å²) in [5.74, 6) is 0.266. The summed E-state index contributed by atoms with van der Waals surface area (Å²) in [6.45, 7) is 2.15. The van der Waals surface area contributed by atoms with E-state index < -0.39 is 0 Å². The van der Waals surface area contributed by atoms with Gasteiger partial charge in [-0.05, 0) is 25.7 Å². The van der Waals surface area contributed by atoms with Crippen LogP contribution in [-0.2, 0) is 9.53 Å². The molecule has 1 atom stereocenters. The first-order valence-corrected chi connectivity index (χ1v) is 5.61. The first kappa shape index (κ1) is 10.4. The van der Waals surface area contributed by atoms with Gasteiger partial charge in [-0.3, -0.25) is 4.79 Å². The van der Waals surface area contributed by atoms with Gasteiger partial charge in [0.1, 0.15) is 6.10 Å². The van der Waals surface area contributed by atoms with E-state index in [1.54, 1.807) is 0 Å². The van der Waals surface area contributed by atoms with E-state index in [2.05, 4.69) is 6.07 Å². The van der Waals surface area contributed by atoms with Crippen LogP contribution in [0.5, 0.6) is 0 Å². The number of hydrogen-bond acceptors (Lipinski definition) is 3. The van der Waals surface area contributed by atoms with Gasteiger partial charge in [-0.2, -0.15) is 5.26 Å². The van der Waals surface area contributed by atoms with E-state index in [4.69, 9.17) is 10.00 Å². The number of nitrogens with zero attached hydrogens (tertiary/aromatic N) is 2. The maximum Gasteiger partial charge on any atom is 0.251 e. The van der Waals surface area contributed by atoms with Crippen molar-refractivity contribution in [1.29, 1.82) is 5.26 Å². The summed E-state index contributed by atoms with van der Waals surface area (Å²) >= 11 is 0. The number of amides is 1. The van der Waals surface area contributed by atoms with Gasteiger partial charge in [0.05, 0.1) is 6.07 Å². The molecule has 2 fully saturated rings. The molecule has 0 radical (unpaired) electrons. The van der Waals surface area contributed by atoms with Crippen LogP contribution in [0.2, 0.25) is 0 Å². The van der Waals surface area contributed by atoms with Crippen molar-refractivity contribution in [3.63, 3.8) is 0 Å². The lowest BCUT2D eigenvalue weighted by molar-refractivity contribution is -0.142. The third-order valence-electron chi connectivity index (χ3n) is 3.19. The Balaban J connectivity index is 1.84. The summed E-state index contributed by atoms with van der Waals surface area (Å²) in [7, 11) is 0. The van der Waals surface area contributed by atoms with Gasteiger partial charge in [-0.1, -0.05) is 0 Å². The molecule has 4 heteroatoms. The lowest BCUT2D eigenvalue weighted by atomic mass is 9.98. The molecule has 0 spiro atoms. The standard InChI is InChI=1S/C11H16N2O2/c12-8-9-3-5-13(6-4-9)11(14)10-2-1-7-15-10/h9-10H,1-7H2. The Morgan fingerprint density at radius 3 is 2.60 bits per heavy atom. The summed E-state index contributed by atoms with van der Waals surface area (Å²) in [6.07, 6.45) is 3.27. The van der Waals surface area contributed by atoms with E-state index >= 15 is 0 Å². The minimum Gasteiger partial charge on any atom is -0.368 e. The van der Waals surface area contributed by atoms with Gasteiger partial charge < -0.3 is 9.64 Å². The molecule has 2 saturated heterocycles. The molecule has 4 nitrogen and oxygen atoms in total. The van der Waals surface area contributed by atoms with Gasteiger partial charge in [0, 0.05) is 25.6 Å². The Hall–Kier alpha value is -1.08. The SMILES string of the molecule is N#CC1CCN(C(=O)C2CCCO2)CC1. The van der Waals surface area contributed by atoms with Gasteiger partial charge >= 0.3 is 0 Å². The Morgan fingerprint density at radius 1 is 1.33 bits per heavy atom. The number of rotatable bonds is 1. The van der Waals surface area contributed by atoms with Crippen molar-refractivity contribution in [2.24, 2.45) is 5.92 Å². The molecule has 1 amide bonds.